The van der Waals surface area contributed by atoms with Gasteiger partial charge in [0.2, 0.25) is 0 Å². The Morgan fingerprint density at radius 1 is 0.638 bits per heavy atom. The molecule has 1 N–H and O–H groups in total. The van der Waals surface area contributed by atoms with Crippen LogP contribution in [-0.4, -0.2) is 75.6 Å². The Morgan fingerprint density at radius 2 is 1.11 bits per heavy atom. The molecule has 0 aliphatic carbocycles. The molecule has 0 rings (SSSR count). The van der Waals surface area contributed by atoms with Crippen molar-refractivity contribution in [3.63, 3.8) is 0 Å². The molecule has 2 unspecified atom stereocenters. The van der Waals surface area contributed by atoms with E-state index in [0.717, 1.165) is 12.8 Å². The Balaban J connectivity index is 3.70. The zero-order chi connectivity index (χ0) is 34.9. The molecule has 0 aliphatic rings. The lowest BCUT2D eigenvalue weighted by atomic mass is 10.0. The maximum atomic E-state index is 12.2. The van der Waals surface area contributed by atoms with Crippen molar-refractivity contribution in [2.45, 2.75) is 174 Å². The second kappa shape index (κ2) is 32.4. The van der Waals surface area contributed by atoms with E-state index in [9.17, 15) is 14.3 Å². The van der Waals surface area contributed by atoms with Gasteiger partial charge in [-0.05, 0) is 38.5 Å². The van der Waals surface area contributed by atoms with E-state index in [-0.39, 0.29) is 32.2 Å². The van der Waals surface area contributed by atoms with Crippen molar-refractivity contribution in [2.75, 3.05) is 54.1 Å². The minimum atomic E-state index is -4.24. The van der Waals surface area contributed by atoms with E-state index in [2.05, 4.69) is 19.1 Å². The molecule has 0 radical (unpaired) electrons. The van der Waals surface area contributed by atoms with E-state index < -0.39 is 13.9 Å². The smallest absolute Gasteiger partial charge is 0.457 e. The van der Waals surface area contributed by atoms with Crippen molar-refractivity contribution in [2.24, 2.45) is 0 Å². The molecule has 9 heteroatoms. The molecule has 0 amide bonds. The Labute approximate surface area is 290 Å². The monoisotopic (exact) mass is 691 g/mol. The third kappa shape index (κ3) is 36.3. The minimum absolute atomic E-state index is 0.0891. The van der Waals surface area contributed by atoms with Crippen molar-refractivity contribution in [3.8, 4) is 0 Å². The van der Waals surface area contributed by atoms with Crippen LogP contribution in [0, 0.1) is 0 Å². The molecule has 8 nitrogen and oxygen atoms in total. The van der Waals surface area contributed by atoms with Gasteiger partial charge in [0, 0.05) is 13.0 Å². The molecular formula is C38H77NO7P+. The zero-order valence-electron chi connectivity index (χ0n) is 31.5. The predicted molar refractivity (Wildman–Crippen MR) is 197 cm³/mol. The lowest BCUT2D eigenvalue weighted by Crippen LogP contribution is -2.37. The number of hydrogen-bond acceptors (Lipinski definition) is 6. The summed E-state index contributed by atoms with van der Waals surface area (Å²) < 4.78 is 34.2. The van der Waals surface area contributed by atoms with Crippen LogP contribution in [0.4, 0.5) is 0 Å². The Kier molecular flexibility index (Phi) is 31.9. The molecule has 280 valence electrons. The molecule has 0 aromatic rings. The molecule has 47 heavy (non-hydrogen) atoms. The van der Waals surface area contributed by atoms with Gasteiger partial charge in [-0.25, -0.2) is 4.57 Å². The van der Waals surface area contributed by atoms with Gasteiger partial charge in [-0.15, -0.1) is 0 Å². The van der Waals surface area contributed by atoms with Crippen LogP contribution in [0.3, 0.4) is 0 Å². The predicted octanol–water partition coefficient (Wildman–Crippen LogP) is 10.7. The number of nitrogens with zero attached hydrogens (tertiary/aromatic N) is 1. The molecule has 0 spiro atoms. The van der Waals surface area contributed by atoms with E-state index >= 15 is 0 Å². The highest BCUT2D eigenvalue weighted by atomic mass is 31.2. The average molecular weight is 691 g/mol. The van der Waals surface area contributed by atoms with E-state index in [1.165, 1.54) is 128 Å². The van der Waals surface area contributed by atoms with E-state index in [0.29, 0.717) is 24.1 Å². The van der Waals surface area contributed by atoms with Crippen LogP contribution in [0.2, 0.25) is 0 Å². The molecule has 0 bridgehead atoms. The second-order valence-corrected chi connectivity index (χ2v) is 15.8. The first-order valence-electron chi connectivity index (χ1n) is 19.4. The van der Waals surface area contributed by atoms with Crippen LogP contribution in [-0.2, 0) is 27.9 Å². The summed E-state index contributed by atoms with van der Waals surface area (Å²) >= 11 is 0. The number of rotatable bonds is 36. The number of unbranched alkanes of at least 4 members (excludes halogenated alkanes) is 20. The highest BCUT2D eigenvalue weighted by Gasteiger charge is 2.26. The first-order valence-corrected chi connectivity index (χ1v) is 20.9. The van der Waals surface area contributed by atoms with Crippen LogP contribution in [0.15, 0.2) is 12.2 Å². The maximum absolute atomic E-state index is 12.2. The highest BCUT2D eigenvalue weighted by molar-refractivity contribution is 7.47. The van der Waals surface area contributed by atoms with Gasteiger partial charge in [0.05, 0.1) is 34.4 Å². The minimum Gasteiger partial charge on any atom is -0.457 e. The van der Waals surface area contributed by atoms with E-state index in [1.807, 2.05) is 28.1 Å². The summed E-state index contributed by atoms with van der Waals surface area (Å²) in [5, 5.41) is 0. The van der Waals surface area contributed by atoms with Crippen LogP contribution in [0.25, 0.3) is 0 Å². The van der Waals surface area contributed by atoms with Gasteiger partial charge in [0.1, 0.15) is 19.3 Å². The zero-order valence-corrected chi connectivity index (χ0v) is 32.4. The highest BCUT2D eigenvalue weighted by Crippen LogP contribution is 2.43. The first kappa shape index (κ1) is 46.2. The number of allylic oxidation sites excluding steroid dienone is 2. The summed E-state index contributed by atoms with van der Waals surface area (Å²) in [4.78, 5) is 22.0. The number of carbonyl (C=O) groups excluding carboxylic acids is 1. The maximum Gasteiger partial charge on any atom is 0.472 e. The van der Waals surface area contributed by atoms with Crippen molar-refractivity contribution >= 4 is 13.8 Å². The van der Waals surface area contributed by atoms with Gasteiger partial charge in [-0.2, -0.15) is 0 Å². The third-order valence-corrected chi connectivity index (χ3v) is 9.28. The Hall–Kier alpha value is -0.760. The second-order valence-electron chi connectivity index (χ2n) is 14.3. The summed E-state index contributed by atoms with van der Waals surface area (Å²) in [5.41, 5.74) is 0. The first-order chi connectivity index (χ1) is 22.6. The largest absolute Gasteiger partial charge is 0.472 e. The standard InChI is InChI=1S/C38H76NO7P/c1-6-8-9-10-11-12-13-14-15-16-17-18-19-20-21-22-23-24-25-26-27-28-29-30-33-43-35-37(46-38(40)31-7-2)36-45-47(41,42)44-34-32-39(3,4)5/h16-17,37H,6-15,18-36H2,1-5H3/p+1/b17-16-. The molecule has 0 aromatic heterocycles. The molecule has 0 saturated carbocycles. The molecule has 0 fully saturated rings. The molecule has 0 aliphatic heterocycles. The fourth-order valence-electron chi connectivity index (χ4n) is 5.29. The number of esters is 1. The van der Waals surface area contributed by atoms with E-state index in [1.54, 1.807) is 0 Å². The van der Waals surface area contributed by atoms with Gasteiger partial charge in [0.15, 0.2) is 0 Å². The van der Waals surface area contributed by atoms with Gasteiger partial charge in [-0.1, -0.05) is 135 Å². The number of carbonyl (C=O) groups is 1. The molecule has 0 heterocycles. The fourth-order valence-corrected chi connectivity index (χ4v) is 6.03. The summed E-state index contributed by atoms with van der Waals surface area (Å²) in [6, 6.07) is 0. The van der Waals surface area contributed by atoms with Gasteiger partial charge in [-0.3, -0.25) is 13.8 Å². The number of phosphoric ester groups is 1. The van der Waals surface area contributed by atoms with Crippen LogP contribution in [0.1, 0.15) is 168 Å². The topological polar surface area (TPSA) is 91.3 Å². The molecule has 0 aromatic carbocycles. The molecule has 2 atom stereocenters. The number of ether oxygens (including phenoxy) is 2. The summed E-state index contributed by atoms with van der Waals surface area (Å²) in [6.07, 6.45) is 34.1. The normalized spacial score (nSPS) is 14.1. The van der Waals surface area contributed by atoms with Gasteiger partial charge >= 0.3 is 13.8 Å². The van der Waals surface area contributed by atoms with Crippen molar-refractivity contribution in [1.82, 2.24) is 0 Å². The Bertz CT molecular complexity index is 772. The number of quaternary nitrogens is 1. The van der Waals surface area contributed by atoms with E-state index in [4.69, 9.17) is 18.5 Å². The number of hydrogen-bond donors (Lipinski definition) is 1. The quantitative estimate of drug-likeness (QED) is 0.0230. The lowest BCUT2D eigenvalue weighted by Gasteiger charge is -2.24. The van der Waals surface area contributed by atoms with Crippen LogP contribution >= 0.6 is 7.82 Å². The van der Waals surface area contributed by atoms with Crippen LogP contribution in [0.5, 0.6) is 0 Å². The molecule has 0 saturated heterocycles. The summed E-state index contributed by atoms with van der Waals surface area (Å²) in [7, 11) is 1.67. The fraction of sp³-hybridized carbons (Fsp3) is 0.921. The molecular weight excluding hydrogens is 613 g/mol. The third-order valence-electron chi connectivity index (χ3n) is 8.30. The SMILES string of the molecule is CCCCCCCCCC/C=C\CCCCCCCCCCCCCCOCC(COP(=O)(O)OCC[N+](C)(C)C)OC(=O)CCC. The number of likely N-dealkylation sites (N-methyl/N-ethyl adjacent to an activating group) is 1. The lowest BCUT2D eigenvalue weighted by molar-refractivity contribution is -0.870. The summed E-state index contributed by atoms with van der Waals surface area (Å²) in [6.45, 7) is 5.27. The van der Waals surface area contributed by atoms with Gasteiger partial charge in [0.25, 0.3) is 0 Å². The van der Waals surface area contributed by atoms with Crippen molar-refractivity contribution < 1.29 is 37.3 Å². The Morgan fingerprint density at radius 3 is 1.57 bits per heavy atom. The van der Waals surface area contributed by atoms with Crippen LogP contribution < -0.4 is 0 Å². The summed E-state index contributed by atoms with van der Waals surface area (Å²) in [5.74, 6) is -0.365. The average Bonchev–Trinajstić information content (AvgIpc) is 3.00. The van der Waals surface area contributed by atoms with Gasteiger partial charge < -0.3 is 18.9 Å². The number of phosphoric acid groups is 1. The van der Waals surface area contributed by atoms with Crippen molar-refractivity contribution in [1.29, 1.82) is 0 Å². The van der Waals surface area contributed by atoms with Crippen molar-refractivity contribution in [3.05, 3.63) is 12.2 Å².